The molecule has 0 aromatic carbocycles. The fourth-order valence-electron chi connectivity index (χ4n) is 2.08. The lowest BCUT2D eigenvalue weighted by molar-refractivity contribution is 0.0537. The Morgan fingerprint density at radius 1 is 1.38 bits per heavy atom. The molecule has 0 spiro atoms. The molecular weight excluding hydrogens is 162 g/mol. The standard InChI is InChI=1S/C11H21NO/c1-9(11-4-5-11)12-7-10-3-2-6-13-8-10/h9-12H,2-8H2,1H3. The van der Waals surface area contributed by atoms with Gasteiger partial charge in [-0.15, -0.1) is 0 Å². The molecule has 2 atom stereocenters. The summed E-state index contributed by atoms with van der Waals surface area (Å²) < 4.78 is 5.45. The Morgan fingerprint density at radius 2 is 2.23 bits per heavy atom. The van der Waals surface area contributed by atoms with Crippen molar-refractivity contribution in [3.63, 3.8) is 0 Å². The highest BCUT2D eigenvalue weighted by Crippen LogP contribution is 2.32. The molecule has 2 aliphatic rings. The summed E-state index contributed by atoms with van der Waals surface area (Å²) in [7, 11) is 0. The minimum absolute atomic E-state index is 0.738. The number of ether oxygens (including phenoxy) is 1. The smallest absolute Gasteiger partial charge is 0.0506 e. The van der Waals surface area contributed by atoms with Crippen LogP contribution in [0.15, 0.2) is 0 Å². The summed E-state index contributed by atoms with van der Waals surface area (Å²) in [6.07, 6.45) is 5.49. The van der Waals surface area contributed by atoms with E-state index in [9.17, 15) is 0 Å². The van der Waals surface area contributed by atoms with Crippen molar-refractivity contribution in [3.8, 4) is 0 Å². The van der Waals surface area contributed by atoms with Crippen LogP contribution in [0.25, 0.3) is 0 Å². The molecule has 0 aromatic heterocycles. The Morgan fingerprint density at radius 3 is 2.85 bits per heavy atom. The zero-order valence-electron chi connectivity index (χ0n) is 8.59. The molecule has 0 bridgehead atoms. The SMILES string of the molecule is CC(NCC1CCCOC1)C1CC1. The van der Waals surface area contributed by atoms with Gasteiger partial charge in [0.05, 0.1) is 6.61 Å². The van der Waals surface area contributed by atoms with Gasteiger partial charge in [-0.1, -0.05) is 0 Å². The maximum absolute atomic E-state index is 5.45. The first kappa shape index (κ1) is 9.47. The highest BCUT2D eigenvalue weighted by atomic mass is 16.5. The summed E-state index contributed by atoms with van der Waals surface area (Å²) in [5.41, 5.74) is 0. The van der Waals surface area contributed by atoms with Crippen LogP contribution in [0.5, 0.6) is 0 Å². The Labute approximate surface area is 81.0 Å². The van der Waals surface area contributed by atoms with Crippen LogP contribution in [0.3, 0.4) is 0 Å². The Kier molecular flexibility index (Phi) is 3.23. The predicted molar refractivity (Wildman–Crippen MR) is 53.7 cm³/mol. The van der Waals surface area contributed by atoms with Crippen molar-refractivity contribution in [3.05, 3.63) is 0 Å². The molecule has 1 N–H and O–H groups in total. The molecule has 0 radical (unpaired) electrons. The van der Waals surface area contributed by atoms with E-state index in [1.54, 1.807) is 0 Å². The molecule has 2 rings (SSSR count). The van der Waals surface area contributed by atoms with Crippen LogP contribution < -0.4 is 5.32 Å². The number of hydrogen-bond donors (Lipinski definition) is 1. The lowest BCUT2D eigenvalue weighted by Crippen LogP contribution is -2.35. The van der Waals surface area contributed by atoms with E-state index >= 15 is 0 Å². The van der Waals surface area contributed by atoms with Crippen LogP contribution in [0.4, 0.5) is 0 Å². The average Bonchev–Trinajstić information content (AvgIpc) is 2.99. The van der Waals surface area contributed by atoms with Gasteiger partial charge in [0, 0.05) is 19.2 Å². The minimum Gasteiger partial charge on any atom is -0.381 e. The summed E-state index contributed by atoms with van der Waals surface area (Å²) >= 11 is 0. The van der Waals surface area contributed by atoms with Crippen molar-refractivity contribution in [2.45, 2.75) is 38.6 Å². The molecule has 1 saturated carbocycles. The van der Waals surface area contributed by atoms with Gasteiger partial charge in [0.25, 0.3) is 0 Å². The Hall–Kier alpha value is -0.0800. The molecule has 0 aromatic rings. The third-order valence-electron chi connectivity index (χ3n) is 3.31. The third-order valence-corrected chi connectivity index (χ3v) is 3.31. The van der Waals surface area contributed by atoms with Crippen molar-refractivity contribution in [2.24, 2.45) is 11.8 Å². The second-order valence-corrected chi connectivity index (χ2v) is 4.62. The molecule has 76 valence electrons. The molecule has 2 unspecified atom stereocenters. The quantitative estimate of drug-likeness (QED) is 0.717. The first-order valence-electron chi connectivity index (χ1n) is 5.67. The van der Waals surface area contributed by atoms with E-state index in [1.807, 2.05) is 0 Å². The summed E-state index contributed by atoms with van der Waals surface area (Å²) in [5.74, 6) is 1.75. The van der Waals surface area contributed by atoms with E-state index in [0.717, 1.165) is 37.6 Å². The number of rotatable bonds is 4. The van der Waals surface area contributed by atoms with Crippen molar-refractivity contribution < 1.29 is 4.74 Å². The van der Waals surface area contributed by atoms with Crippen molar-refractivity contribution in [2.75, 3.05) is 19.8 Å². The molecule has 2 fully saturated rings. The Bertz CT molecular complexity index is 150. The van der Waals surface area contributed by atoms with Gasteiger partial charge < -0.3 is 10.1 Å². The largest absolute Gasteiger partial charge is 0.381 e. The molecule has 1 aliphatic carbocycles. The molecule has 2 nitrogen and oxygen atoms in total. The lowest BCUT2D eigenvalue weighted by atomic mass is 10.0. The first-order valence-corrected chi connectivity index (χ1v) is 5.67. The van der Waals surface area contributed by atoms with E-state index < -0.39 is 0 Å². The molecule has 13 heavy (non-hydrogen) atoms. The second kappa shape index (κ2) is 4.43. The van der Waals surface area contributed by atoms with Crippen LogP contribution in [0.2, 0.25) is 0 Å². The molecule has 1 aliphatic heterocycles. The topological polar surface area (TPSA) is 21.3 Å². The van der Waals surface area contributed by atoms with E-state index in [-0.39, 0.29) is 0 Å². The molecular formula is C11H21NO. The predicted octanol–water partition coefficient (Wildman–Crippen LogP) is 1.80. The molecule has 0 amide bonds. The zero-order chi connectivity index (χ0) is 9.10. The van der Waals surface area contributed by atoms with Crippen molar-refractivity contribution in [1.29, 1.82) is 0 Å². The Balaban J connectivity index is 1.60. The van der Waals surface area contributed by atoms with E-state index in [4.69, 9.17) is 4.74 Å². The fraction of sp³-hybridized carbons (Fsp3) is 1.00. The summed E-state index contributed by atoms with van der Waals surface area (Å²) in [6, 6.07) is 0.738. The normalized spacial score (nSPS) is 31.6. The molecule has 1 heterocycles. The monoisotopic (exact) mass is 183 g/mol. The minimum atomic E-state index is 0.738. The zero-order valence-corrected chi connectivity index (χ0v) is 8.59. The van der Waals surface area contributed by atoms with Gasteiger partial charge in [-0.3, -0.25) is 0 Å². The van der Waals surface area contributed by atoms with Gasteiger partial charge in [0.2, 0.25) is 0 Å². The maximum atomic E-state index is 5.45. The van der Waals surface area contributed by atoms with E-state index in [0.29, 0.717) is 0 Å². The van der Waals surface area contributed by atoms with Crippen LogP contribution in [0.1, 0.15) is 32.6 Å². The van der Waals surface area contributed by atoms with E-state index in [2.05, 4.69) is 12.2 Å². The summed E-state index contributed by atoms with van der Waals surface area (Å²) in [4.78, 5) is 0. The van der Waals surface area contributed by atoms with Crippen LogP contribution in [0, 0.1) is 11.8 Å². The van der Waals surface area contributed by atoms with Gasteiger partial charge in [-0.2, -0.15) is 0 Å². The number of hydrogen-bond acceptors (Lipinski definition) is 2. The van der Waals surface area contributed by atoms with E-state index in [1.165, 1.54) is 25.7 Å². The van der Waals surface area contributed by atoms with Gasteiger partial charge in [-0.25, -0.2) is 0 Å². The van der Waals surface area contributed by atoms with Crippen LogP contribution in [-0.2, 0) is 4.74 Å². The molecule has 1 saturated heterocycles. The third kappa shape index (κ3) is 2.96. The van der Waals surface area contributed by atoms with Gasteiger partial charge in [0.15, 0.2) is 0 Å². The second-order valence-electron chi connectivity index (χ2n) is 4.62. The van der Waals surface area contributed by atoms with Crippen LogP contribution >= 0.6 is 0 Å². The van der Waals surface area contributed by atoms with Crippen LogP contribution in [-0.4, -0.2) is 25.8 Å². The highest BCUT2D eigenvalue weighted by molar-refractivity contribution is 4.83. The average molecular weight is 183 g/mol. The van der Waals surface area contributed by atoms with Gasteiger partial charge in [0.1, 0.15) is 0 Å². The summed E-state index contributed by atoms with van der Waals surface area (Å²) in [6.45, 7) is 5.44. The van der Waals surface area contributed by atoms with Gasteiger partial charge >= 0.3 is 0 Å². The van der Waals surface area contributed by atoms with Gasteiger partial charge in [-0.05, 0) is 44.4 Å². The van der Waals surface area contributed by atoms with Crippen molar-refractivity contribution >= 4 is 0 Å². The fourth-order valence-corrected chi connectivity index (χ4v) is 2.08. The first-order chi connectivity index (χ1) is 6.36. The summed E-state index contributed by atoms with van der Waals surface area (Å²) in [5, 5.41) is 3.63. The van der Waals surface area contributed by atoms with Crippen molar-refractivity contribution in [1.82, 2.24) is 5.32 Å². The maximum Gasteiger partial charge on any atom is 0.0506 e. The molecule has 2 heteroatoms. The lowest BCUT2D eigenvalue weighted by Gasteiger charge is -2.24. The highest BCUT2D eigenvalue weighted by Gasteiger charge is 2.28. The number of nitrogens with one attached hydrogen (secondary N) is 1.